The van der Waals surface area contributed by atoms with Gasteiger partial charge in [-0.3, -0.25) is 4.98 Å². The molecule has 1 fully saturated rings. The number of likely N-dealkylation sites (N-methyl/N-ethyl adjacent to an activating group) is 1. The third-order valence-electron chi connectivity index (χ3n) is 8.47. The van der Waals surface area contributed by atoms with Crippen molar-refractivity contribution in [3.8, 4) is 0 Å². The monoisotopic (exact) mass is 681 g/mol. The van der Waals surface area contributed by atoms with Crippen LogP contribution in [0.25, 0.3) is 5.57 Å². The SMILES string of the molecule is C[C@@H]([C@@H](O)c1ccccc1)N(C)C(=O)OCCSSCCOC(=O)N1CCC(=C2c3ccc(Cl)cc3CCc3cccnc32)CC1. The van der Waals surface area contributed by atoms with Gasteiger partial charge < -0.3 is 24.4 Å². The van der Waals surface area contributed by atoms with Crippen molar-refractivity contribution < 1.29 is 24.2 Å². The van der Waals surface area contributed by atoms with Crippen LogP contribution < -0.4 is 0 Å². The van der Waals surface area contributed by atoms with Crippen LogP contribution in [-0.4, -0.2) is 83.0 Å². The van der Waals surface area contributed by atoms with Gasteiger partial charge >= 0.3 is 12.2 Å². The number of carbonyl (C=O) groups excluding carboxylic acids is 2. The zero-order valence-electron chi connectivity index (χ0n) is 26.2. The molecule has 11 heteroatoms. The van der Waals surface area contributed by atoms with Crippen molar-refractivity contribution in [1.29, 1.82) is 0 Å². The fourth-order valence-electron chi connectivity index (χ4n) is 5.79. The predicted molar refractivity (Wildman–Crippen MR) is 186 cm³/mol. The molecule has 1 aromatic heterocycles. The first kappa shape index (κ1) is 34.2. The van der Waals surface area contributed by atoms with Gasteiger partial charge in [-0.25, -0.2) is 9.59 Å². The Balaban J connectivity index is 1.01. The molecule has 1 aliphatic heterocycles. The lowest BCUT2D eigenvalue weighted by molar-refractivity contribution is 0.0533. The van der Waals surface area contributed by atoms with Gasteiger partial charge in [0.25, 0.3) is 0 Å². The molecule has 2 aromatic carbocycles. The molecular weight excluding hydrogens is 642 g/mol. The highest BCUT2D eigenvalue weighted by atomic mass is 35.5. The van der Waals surface area contributed by atoms with Gasteiger partial charge in [-0.1, -0.05) is 81.2 Å². The molecule has 8 nitrogen and oxygen atoms in total. The average Bonchev–Trinajstić information content (AvgIpc) is 3.25. The molecule has 1 aliphatic carbocycles. The Morgan fingerprint density at radius 1 is 0.957 bits per heavy atom. The van der Waals surface area contributed by atoms with Crippen LogP contribution >= 0.6 is 33.2 Å². The number of nitrogens with zero attached hydrogens (tertiary/aromatic N) is 3. The number of hydrogen-bond acceptors (Lipinski definition) is 8. The van der Waals surface area contributed by atoms with Gasteiger partial charge in [-0.2, -0.15) is 0 Å². The third kappa shape index (κ3) is 8.59. The van der Waals surface area contributed by atoms with Crippen molar-refractivity contribution in [2.24, 2.45) is 0 Å². The first-order chi connectivity index (χ1) is 22.3. The number of likely N-dealkylation sites (tertiary alicyclic amines) is 1. The quantitative estimate of drug-likeness (QED) is 0.174. The molecule has 1 saturated heterocycles. The van der Waals surface area contributed by atoms with Gasteiger partial charge in [0.2, 0.25) is 0 Å². The van der Waals surface area contributed by atoms with Crippen LogP contribution in [0.2, 0.25) is 5.02 Å². The molecule has 2 atom stereocenters. The van der Waals surface area contributed by atoms with E-state index in [1.165, 1.54) is 32.7 Å². The summed E-state index contributed by atoms with van der Waals surface area (Å²) in [7, 11) is 4.75. The number of amides is 2. The molecule has 0 unspecified atom stereocenters. The van der Waals surface area contributed by atoms with Crippen molar-refractivity contribution in [2.75, 3.05) is 44.9 Å². The fraction of sp³-hybridized carbons (Fsp3) is 0.400. The second-order valence-electron chi connectivity index (χ2n) is 11.4. The molecule has 2 heterocycles. The molecule has 5 rings (SSSR count). The van der Waals surface area contributed by atoms with Crippen LogP contribution in [0.5, 0.6) is 0 Å². The average molecular weight is 682 g/mol. The molecule has 0 radical (unpaired) electrons. The lowest BCUT2D eigenvalue weighted by atomic mass is 9.88. The van der Waals surface area contributed by atoms with E-state index in [0.717, 1.165) is 42.0 Å². The Bertz CT molecular complexity index is 1530. The van der Waals surface area contributed by atoms with E-state index in [4.69, 9.17) is 26.1 Å². The number of hydrogen-bond donors (Lipinski definition) is 1. The third-order valence-corrected chi connectivity index (χ3v) is 11.0. The Morgan fingerprint density at radius 3 is 2.39 bits per heavy atom. The van der Waals surface area contributed by atoms with Gasteiger partial charge in [0.1, 0.15) is 13.2 Å². The minimum absolute atomic E-state index is 0.248. The Hall–Kier alpha value is -3.18. The first-order valence-corrected chi connectivity index (χ1v) is 18.4. The molecule has 2 aliphatic rings. The van der Waals surface area contributed by atoms with Crippen LogP contribution in [-0.2, 0) is 22.3 Å². The van der Waals surface area contributed by atoms with E-state index < -0.39 is 18.2 Å². The summed E-state index contributed by atoms with van der Waals surface area (Å²) in [5.41, 5.74) is 7.98. The lowest BCUT2D eigenvalue weighted by Gasteiger charge is -2.29. The number of piperidine rings is 1. The minimum atomic E-state index is -0.802. The number of aromatic nitrogens is 1. The van der Waals surface area contributed by atoms with Gasteiger partial charge in [0.05, 0.1) is 17.8 Å². The smallest absolute Gasteiger partial charge is 0.409 e. The molecule has 244 valence electrons. The first-order valence-electron chi connectivity index (χ1n) is 15.6. The lowest BCUT2D eigenvalue weighted by Crippen LogP contribution is -2.39. The summed E-state index contributed by atoms with van der Waals surface area (Å²) in [6.07, 6.45) is 3.67. The number of fused-ring (bicyclic) bond motifs is 2. The summed E-state index contributed by atoms with van der Waals surface area (Å²) in [5, 5.41) is 11.3. The van der Waals surface area contributed by atoms with E-state index in [2.05, 4.69) is 18.2 Å². The number of aliphatic hydroxyl groups excluding tert-OH is 1. The minimum Gasteiger partial charge on any atom is -0.449 e. The van der Waals surface area contributed by atoms with Crippen LogP contribution in [0.3, 0.4) is 0 Å². The molecule has 2 amide bonds. The van der Waals surface area contributed by atoms with Crippen LogP contribution in [0.15, 0.2) is 72.4 Å². The largest absolute Gasteiger partial charge is 0.449 e. The number of benzene rings is 2. The van der Waals surface area contributed by atoms with Crippen molar-refractivity contribution >= 4 is 50.9 Å². The van der Waals surface area contributed by atoms with Crippen LogP contribution in [0.4, 0.5) is 9.59 Å². The molecular formula is C35H40ClN3O5S2. The van der Waals surface area contributed by atoms with E-state index in [9.17, 15) is 14.7 Å². The van der Waals surface area contributed by atoms with Crippen LogP contribution in [0.1, 0.15) is 53.8 Å². The summed E-state index contributed by atoms with van der Waals surface area (Å²) in [6, 6.07) is 19.1. The van der Waals surface area contributed by atoms with Crippen molar-refractivity contribution in [2.45, 2.75) is 44.8 Å². The topological polar surface area (TPSA) is 92.2 Å². The standard InChI is InChI=1S/C35H40ClN3O5S2/c1-24(33(40)27-7-4-3-5-8-27)38(2)34(41)43-19-21-45-46-22-20-44-35(42)39-17-14-25(15-18-39)31-30-13-12-29(36)23-28(30)11-10-26-9-6-16-37-32(26)31/h3-9,12-13,16,23-24,33,40H,10-11,14-15,17-22H2,1-2H3/t24-,33+/m0/s1. The van der Waals surface area contributed by atoms with Gasteiger partial charge in [-0.15, -0.1) is 0 Å². The summed E-state index contributed by atoms with van der Waals surface area (Å²) < 4.78 is 10.9. The van der Waals surface area contributed by atoms with Gasteiger partial charge in [0, 0.05) is 48.4 Å². The summed E-state index contributed by atoms with van der Waals surface area (Å²) in [6.45, 7) is 3.55. The van der Waals surface area contributed by atoms with Crippen LogP contribution in [0, 0.1) is 0 Å². The molecule has 3 aromatic rings. The predicted octanol–water partition coefficient (Wildman–Crippen LogP) is 7.44. The maximum atomic E-state index is 12.8. The van der Waals surface area contributed by atoms with Gasteiger partial charge in [0.15, 0.2) is 0 Å². The van der Waals surface area contributed by atoms with E-state index in [-0.39, 0.29) is 12.7 Å². The Morgan fingerprint density at radius 2 is 1.65 bits per heavy atom. The zero-order valence-corrected chi connectivity index (χ0v) is 28.6. The number of rotatable bonds is 10. The number of halogens is 1. The van der Waals surface area contributed by atoms with Gasteiger partial charge in [-0.05, 0) is 73.1 Å². The second-order valence-corrected chi connectivity index (χ2v) is 14.5. The van der Waals surface area contributed by atoms with E-state index in [1.54, 1.807) is 40.5 Å². The second kappa shape index (κ2) is 16.6. The number of aryl methyl sites for hydroxylation is 2. The molecule has 0 spiro atoms. The van der Waals surface area contributed by atoms with Crippen molar-refractivity contribution in [3.05, 3.63) is 105 Å². The summed E-state index contributed by atoms with van der Waals surface area (Å²) in [4.78, 5) is 33.2. The highest BCUT2D eigenvalue weighted by Gasteiger charge is 2.27. The highest BCUT2D eigenvalue weighted by Crippen LogP contribution is 2.38. The van der Waals surface area contributed by atoms with E-state index in [0.29, 0.717) is 31.2 Å². The fourth-order valence-corrected chi connectivity index (χ4v) is 7.63. The summed E-state index contributed by atoms with van der Waals surface area (Å²) >= 11 is 6.35. The number of pyridine rings is 1. The number of carbonyl (C=O) groups is 2. The number of aliphatic hydroxyl groups is 1. The van der Waals surface area contributed by atoms with E-state index in [1.807, 2.05) is 48.7 Å². The molecule has 1 N–H and O–H groups in total. The molecule has 46 heavy (non-hydrogen) atoms. The highest BCUT2D eigenvalue weighted by molar-refractivity contribution is 8.76. The normalized spacial score (nSPS) is 15.7. The van der Waals surface area contributed by atoms with Crippen molar-refractivity contribution in [1.82, 2.24) is 14.8 Å². The van der Waals surface area contributed by atoms with Crippen molar-refractivity contribution in [3.63, 3.8) is 0 Å². The van der Waals surface area contributed by atoms with E-state index >= 15 is 0 Å². The maximum absolute atomic E-state index is 12.8. The Labute approximate surface area is 283 Å². The molecule has 0 bridgehead atoms. The summed E-state index contributed by atoms with van der Waals surface area (Å²) in [5.74, 6) is 1.24. The Kier molecular flexibility index (Phi) is 12.3. The molecule has 0 saturated carbocycles. The zero-order chi connectivity index (χ0) is 32.5. The number of ether oxygens (including phenoxy) is 2. The maximum Gasteiger partial charge on any atom is 0.409 e.